The molecule has 0 aliphatic carbocycles. The molecule has 1 atom stereocenters. The van der Waals surface area contributed by atoms with Gasteiger partial charge in [-0.2, -0.15) is 0 Å². The van der Waals surface area contributed by atoms with Crippen molar-refractivity contribution in [3.05, 3.63) is 54.0 Å². The van der Waals surface area contributed by atoms with Gasteiger partial charge >= 0.3 is 0 Å². The highest BCUT2D eigenvalue weighted by atomic mass is 16.1. The largest absolute Gasteiger partial charge is 0.382 e. The van der Waals surface area contributed by atoms with Crippen LogP contribution < -0.4 is 11.1 Å². The molecule has 104 valence electrons. The van der Waals surface area contributed by atoms with E-state index in [0.29, 0.717) is 0 Å². The molecule has 5 nitrogen and oxygen atoms in total. The number of anilines is 1. The number of hydrogen-bond acceptors (Lipinski definition) is 4. The molecule has 0 fully saturated rings. The number of nitrogens with zero attached hydrogens (tertiary/aromatic N) is 2. The zero-order chi connectivity index (χ0) is 14.4. The van der Waals surface area contributed by atoms with E-state index in [1.165, 1.54) is 18.0 Å². The van der Waals surface area contributed by atoms with Crippen molar-refractivity contribution in [2.24, 2.45) is 0 Å². The maximum Gasteiger partial charge on any atom is 0.271 e. The zero-order valence-corrected chi connectivity index (χ0v) is 11.4. The van der Waals surface area contributed by atoms with Gasteiger partial charge in [-0.1, -0.05) is 30.3 Å². The van der Waals surface area contributed by atoms with Crippen LogP contribution >= 0.6 is 0 Å². The summed E-state index contributed by atoms with van der Waals surface area (Å²) in [5, 5.41) is 2.90. The Kier molecular flexibility index (Phi) is 4.65. The van der Waals surface area contributed by atoms with Gasteiger partial charge in [-0.25, -0.2) is 4.98 Å². The van der Waals surface area contributed by atoms with Crippen LogP contribution in [0, 0.1) is 0 Å². The lowest BCUT2D eigenvalue weighted by Gasteiger charge is -2.13. The van der Waals surface area contributed by atoms with Gasteiger partial charge in [0.2, 0.25) is 0 Å². The van der Waals surface area contributed by atoms with E-state index in [-0.39, 0.29) is 23.5 Å². The maximum absolute atomic E-state index is 11.9. The molecule has 3 N–H and O–H groups in total. The number of benzene rings is 1. The number of rotatable bonds is 5. The van der Waals surface area contributed by atoms with E-state index in [0.717, 1.165) is 12.8 Å². The molecule has 1 amide bonds. The standard InChI is InChI=1S/C15H18N4O/c1-11(7-8-12-5-3-2-4-6-12)18-15(20)13-9-17-10-14(16)19-13/h2-6,9-11H,7-8H2,1H3,(H2,16,19)(H,18,20). The van der Waals surface area contributed by atoms with E-state index in [1.807, 2.05) is 25.1 Å². The second-order valence-corrected chi connectivity index (χ2v) is 4.73. The normalized spacial score (nSPS) is 11.8. The summed E-state index contributed by atoms with van der Waals surface area (Å²) in [6.07, 6.45) is 4.61. The number of carbonyl (C=O) groups excluding carboxylic acids is 1. The van der Waals surface area contributed by atoms with E-state index in [4.69, 9.17) is 5.73 Å². The third-order valence-corrected chi connectivity index (χ3v) is 2.97. The number of carbonyl (C=O) groups is 1. The van der Waals surface area contributed by atoms with Crippen LogP contribution in [0.3, 0.4) is 0 Å². The van der Waals surface area contributed by atoms with Crippen molar-refractivity contribution in [3.8, 4) is 0 Å². The average Bonchev–Trinajstić information content (AvgIpc) is 2.46. The van der Waals surface area contributed by atoms with Crippen LogP contribution in [-0.2, 0) is 6.42 Å². The highest BCUT2D eigenvalue weighted by Crippen LogP contribution is 2.05. The van der Waals surface area contributed by atoms with Crippen molar-refractivity contribution in [1.82, 2.24) is 15.3 Å². The Hall–Kier alpha value is -2.43. The topological polar surface area (TPSA) is 80.9 Å². The van der Waals surface area contributed by atoms with Gasteiger partial charge in [0.25, 0.3) is 5.91 Å². The van der Waals surface area contributed by atoms with Crippen molar-refractivity contribution >= 4 is 11.7 Å². The zero-order valence-electron chi connectivity index (χ0n) is 11.4. The summed E-state index contributed by atoms with van der Waals surface area (Å²) in [4.78, 5) is 19.8. The minimum Gasteiger partial charge on any atom is -0.382 e. The summed E-state index contributed by atoms with van der Waals surface area (Å²) in [5.41, 5.74) is 7.02. The van der Waals surface area contributed by atoms with E-state index in [9.17, 15) is 4.79 Å². The quantitative estimate of drug-likeness (QED) is 0.868. The molecule has 20 heavy (non-hydrogen) atoms. The van der Waals surface area contributed by atoms with Crippen LogP contribution in [0.4, 0.5) is 5.82 Å². The van der Waals surface area contributed by atoms with Gasteiger partial charge in [-0.3, -0.25) is 9.78 Å². The molecule has 0 bridgehead atoms. The van der Waals surface area contributed by atoms with Crippen molar-refractivity contribution in [2.45, 2.75) is 25.8 Å². The maximum atomic E-state index is 11.9. The van der Waals surface area contributed by atoms with Gasteiger partial charge in [0, 0.05) is 6.04 Å². The Morgan fingerprint density at radius 2 is 2.05 bits per heavy atom. The molecular formula is C15H18N4O. The number of amides is 1. The predicted molar refractivity (Wildman–Crippen MR) is 78.1 cm³/mol. The first-order valence-electron chi connectivity index (χ1n) is 6.57. The molecular weight excluding hydrogens is 252 g/mol. The molecule has 1 aromatic heterocycles. The van der Waals surface area contributed by atoms with Gasteiger partial charge in [0.05, 0.1) is 12.4 Å². The summed E-state index contributed by atoms with van der Waals surface area (Å²) >= 11 is 0. The van der Waals surface area contributed by atoms with E-state index in [2.05, 4.69) is 27.4 Å². The minimum absolute atomic E-state index is 0.0611. The molecule has 0 saturated heterocycles. The Balaban J connectivity index is 1.85. The fourth-order valence-electron chi connectivity index (χ4n) is 1.89. The van der Waals surface area contributed by atoms with Crippen LogP contribution in [0.15, 0.2) is 42.7 Å². The van der Waals surface area contributed by atoms with Crippen molar-refractivity contribution in [3.63, 3.8) is 0 Å². The third kappa shape index (κ3) is 4.05. The molecule has 1 unspecified atom stereocenters. The molecule has 0 spiro atoms. The first kappa shape index (κ1) is 14.0. The first-order chi connectivity index (χ1) is 9.65. The Bertz CT molecular complexity index is 571. The summed E-state index contributed by atoms with van der Waals surface area (Å²) in [7, 11) is 0. The lowest BCUT2D eigenvalue weighted by molar-refractivity contribution is 0.0933. The van der Waals surface area contributed by atoms with Crippen molar-refractivity contribution in [2.75, 3.05) is 5.73 Å². The van der Waals surface area contributed by atoms with Gasteiger partial charge in [0.1, 0.15) is 11.5 Å². The van der Waals surface area contributed by atoms with Gasteiger partial charge in [0.15, 0.2) is 0 Å². The Labute approximate surface area is 118 Å². The summed E-state index contributed by atoms with van der Waals surface area (Å²) in [5.74, 6) is -0.0000460. The molecule has 1 heterocycles. The Morgan fingerprint density at radius 3 is 2.75 bits per heavy atom. The van der Waals surface area contributed by atoms with Crippen molar-refractivity contribution in [1.29, 1.82) is 0 Å². The molecule has 2 rings (SSSR count). The molecule has 0 aliphatic heterocycles. The molecule has 0 radical (unpaired) electrons. The number of hydrogen-bond donors (Lipinski definition) is 2. The molecule has 2 aromatic rings. The monoisotopic (exact) mass is 270 g/mol. The number of aryl methyl sites for hydroxylation is 1. The second kappa shape index (κ2) is 6.65. The third-order valence-electron chi connectivity index (χ3n) is 2.97. The highest BCUT2D eigenvalue weighted by Gasteiger charge is 2.11. The van der Waals surface area contributed by atoms with Crippen LogP contribution in [0.25, 0.3) is 0 Å². The van der Waals surface area contributed by atoms with E-state index < -0.39 is 0 Å². The predicted octanol–water partition coefficient (Wildman–Crippen LogP) is 1.81. The number of nitrogens with two attached hydrogens (primary N) is 1. The SMILES string of the molecule is CC(CCc1ccccc1)NC(=O)c1cncc(N)n1. The molecule has 1 aromatic carbocycles. The van der Waals surface area contributed by atoms with Gasteiger partial charge in [-0.15, -0.1) is 0 Å². The fraction of sp³-hybridized carbons (Fsp3) is 0.267. The van der Waals surface area contributed by atoms with Crippen molar-refractivity contribution < 1.29 is 4.79 Å². The van der Waals surface area contributed by atoms with E-state index in [1.54, 1.807) is 0 Å². The second-order valence-electron chi connectivity index (χ2n) is 4.73. The van der Waals surface area contributed by atoms with Crippen LogP contribution in [0.2, 0.25) is 0 Å². The minimum atomic E-state index is -0.245. The molecule has 5 heteroatoms. The Morgan fingerprint density at radius 1 is 1.30 bits per heavy atom. The lowest BCUT2D eigenvalue weighted by atomic mass is 10.1. The average molecular weight is 270 g/mol. The first-order valence-corrected chi connectivity index (χ1v) is 6.57. The summed E-state index contributed by atoms with van der Waals surface area (Å²) < 4.78 is 0. The van der Waals surface area contributed by atoms with Crippen LogP contribution in [-0.4, -0.2) is 21.9 Å². The molecule has 0 saturated carbocycles. The van der Waals surface area contributed by atoms with Gasteiger partial charge < -0.3 is 11.1 Å². The summed E-state index contributed by atoms with van der Waals surface area (Å²) in [6.45, 7) is 1.97. The number of nitrogens with one attached hydrogen (secondary N) is 1. The van der Waals surface area contributed by atoms with Crippen LogP contribution in [0.5, 0.6) is 0 Å². The van der Waals surface area contributed by atoms with E-state index >= 15 is 0 Å². The summed E-state index contributed by atoms with van der Waals surface area (Å²) in [6, 6.07) is 10.2. The van der Waals surface area contributed by atoms with Crippen LogP contribution in [0.1, 0.15) is 29.4 Å². The lowest BCUT2D eigenvalue weighted by Crippen LogP contribution is -2.33. The number of nitrogen functional groups attached to an aromatic ring is 1. The number of aromatic nitrogens is 2. The van der Waals surface area contributed by atoms with Gasteiger partial charge in [-0.05, 0) is 25.3 Å². The highest BCUT2D eigenvalue weighted by molar-refractivity contribution is 5.92. The molecule has 0 aliphatic rings. The smallest absolute Gasteiger partial charge is 0.271 e. The fourth-order valence-corrected chi connectivity index (χ4v) is 1.89.